The van der Waals surface area contributed by atoms with Gasteiger partial charge in [-0.05, 0) is 105 Å². The third kappa shape index (κ3) is 5.55. The quantitative estimate of drug-likeness (QED) is 0.185. The molecule has 5 rings (SSSR count). The summed E-state index contributed by atoms with van der Waals surface area (Å²) in [6.45, 7) is 2.40. The zero-order chi connectivity index (χ0) is 24.4. The maximum atomic E-state index is 12.5. The van der Waals surface area contributed by atoms with Crippen LogP contribution in [0.4, 0.5) is 5.69 Å². The Morgan fingerprint density at radius 2 is 1.86 bits per heavy atom. The van der Waals surface area contributed by atoms with Crippen molar-refractivity contribution in [2.24, 2.45) is 4.99 Å². The summed E-state index contributed by atoms with van der Waals surface area (Å²) in [4.78, 5) is 17.7. The first kappa shape index (κ1) is 23.9. The van der Waals surface area contributed by atoms with Crippen LogP contribution in [0.3, 0.4) is 0 Å². The highest BCUT2D eigenvalue weighted by atomic mass is 127. The number of rotatable bonds is 5. The molecule has 1 N–H and O–H groups in total. The van der Waals surface area contributed by atoms with Crippen molar-refractivity contribution >= 4 is 79.6 Å². The van der Waals surface area contributed by atoms with E-state index in [0.29, 0.717) is 21.7 Å². The fraction of sp³-hybridized carbons (Fsp3) is 0.0714. The second kappa shape index (κ2) is 10.4. The van der Waals surface area contributed by atoms with Gasteiger partial charge in [0.25, 0.3) is 5.91 Å². The van der Waals surface area contributed by atoms with Gasteiger partial charge >= 0.3 is 0 Å². The Balaban J connectivity index is 1.29. The molecule has 0 aliphatic carbocycles. The summed E-state index contributed by atoms with van der Waals surface area (Å²) in [5.74, 6) is 0.642. The number of thioether (sulfide) groups is 1. The number of fused-ring (bicyclic) bond motifs is 1. The van der Waals surface area contributed by atoms with Crippen molar-refractivity contribution in [3.63, 3.8) is 0 Å². The van der Waals surface area contributed by atoms with Gasteiger partial charge in [-0.1, -0.05) is 60.1 Å². The first-order valence-corrected chi connectivity index (χ1v) is 13.2. The Hall–Kier alpha value is -2.81. The molecule has 0 aromatic heterocycles. The minimum Gasteiger partial charge on any atom is -0.488 e. The lowest BCUT2D eigenvalue weighted by Gasteiger charge is -2.10. The van der Waals surface area contributed by atoms with Crippen LogP contribution < -0.4 is 10.1 Å². The van der Waals surface area contributed by atoms with Crippen molar-refractivity contribution in [2.45, 2.75) is 13.5 Å². The first-order chi connectivity index (χ1) is 17.0. The van der Waals surface area contributed by atoms with E-state index < -0.39 is 0 Å². The number of benzene rings is 4. The molecule has 0 spiro atoms. The molecule has 4 aromatic carbocycles. The Bertz CT molecular complexity index is 1520. The molecule has 0 saturated carbocycles. The number of amidine groups is 1. The third-order valence-electron chi connectivity index (χ3n) is 5.57. The van der Waals surface area contributed by atoms with Gasteiger partial charge in [-0.15, -0.1) is 0 Å². The second-order valence-electron chi connectivity index (χ2n) is 8.03. The van der Waals surface area contributed by atoms with Gasteiger partial charge in [-0.2, -0.15) is 0 Å². The minimum absolute atomic E-state index is 0.167. The van der Waals surface area contributed by atoms with Gasteiger partial charge in [0.05, 0.1) is 14.2 Å². The van der Waals surface area contributed by atoms with Crippen molar-refractivity contribution in [1.82, 2.24) is 5.32 Å². The standard InChI is InChI=1S/C28H20ClIN2O2S/c1-17-22(29)7-4-8-24(17)31-28-32-27(33)26(35-28)15-18-10-12-25(23(30)14-18)34-16-19-9-11-20-5-2-3-6-21(20)13-19/h2-15H,16H2,1H3,(H,31,32,33)/b26-15+. The summed E-state index contributed by atoms with van der Waals surface area (Å²) in [5.41, 5.74) is 3.66. The van der Waals surface area contributed by atoms with Crippen molar-refractivity contribution < 1.29 is 9.53 Å². The predicted molar refractivity (Wildman–Crippen MR) is 154 cm³/mol. The minimum atomic E-state index is -0.167. The van der Waals surface area contributed by atoms with Crippen LogP contribution in [0.25, 0.3) is 16.8 Å². The van der Waals surface area contributed by atoms with E-state index in [1.54, 1.807) is 0 Å². The summed E-state index contributed by atoms with van der Waals surface area (Å²) in [5, 5.41) is 6.43. The number of ether oxygens (including phenoxy) is 1. The van der Waals surface area contributed by atoms with E-state index in [1.165, 1.54) is 22.5 Å². The van der Waals surface area contributed by atoms with Crippen molar-refractivity contribution in [2.75, 3.05) is 0 Å². The molecule has 0 atom stereocenters. The number of nitrogens with zero attached hydrogens (tertiary/aromatic N) is 1. The number of hydrogen-bond donors (Lipinski definition) is 1. The van der Waals surface area contributed by atoms with Gasteiger partial charge in [0.15, 0.2) is 5.17 Å². The summed E-state index contributed by atoms with van der Waals surface area (Å²) >= 11 is 9.76. The molecule has 1 amide bonds. The van der Waals surface area contributed by atoms with Crippen LogP contribution >= 0.6 is 46.0 Å². The van der Waals surface area contributed by atoms with Crippen molar-refractivity contribution in [3.8, 4) is 5.75 Å². The number of nitrogens with one attached hydrogen (secondary N) is 1. The molecule has 0 radical (unpaired) electrons. The van der Waals surface area contributed by atoms with Gasteiger partial charge in [0, 0.05) is 5.02 Å². The molecule has 1 fully saturated rings. The van der Waals surface area contributed by atoms with Crippen LogP contribution in [-0.2, 0) is 11.4 Å². The molecular formula is C28H20ClIN2O2S. The zero-order valence-corrected chi connectivity index (χ0v) is 22.4. The molecule has 7 heteroatoms. The molecule has 0 bridgehead atoms. The maximum Gasteiger partial charge on any atom is 0.264 e. The Morgan fingerprint density at radius 3 is 2.69 bits per heavy atom. The Kier molecular flexibility index (Phi) is 7.13. The number of halogens is 2. The molecule has 1 aliphatic heterocycles. The normalized spacial score (nSPS) is 15.7. The van der Waals surface area contributed by atoms with Crippen LogP contribution in [0.2, 0.25) is 5.02 Å². The van der Waals surface area contributed by atoms with Crippen LogP contribution in [-0.4, -0.2) is 11.1 Å². The molecule has 1 aliphatic rings. The van der Waals surface area contributed by atoms with Gasteiger partial charge in [0.2, 0.25) is 0 Å². The van der Waals surface area contributed by atoms with E-state index in [1.807, 2.05) is 61.5 Å². The number of amides is 1. The monoisotopic (exact) mass is 610 g/mol. The fourth-order valence-corrected chi connectivity index (χ4v) is 5.37. The lowest BCUT2D eigenvalue weighted by Crippen LogP contribution is -2.19. The molecule has 174 valence electrons. The van der Waals surface area contributed by atoms with Crippen LogP contribution in [0.15, 0.2) is 88.8 Å². The summed E-state index contributed by atoms with van der Waals surface area (Å²) < 4.78 is 7.06. The van der Waals surface area contributed by atoms with Crippen molar-refractivity contribution in [1.29, 1.82) is 0 Å². The average molecular weight is 611 g/mol. The number of carbonyl (C=O) groups excluding carboxylic acids is 1. The zero-order valence-electron chi connectivity index (χ0n) is 18.7. The third-order valence-corrected chi connectivity index (χ3v) is 7.74. The largest absolute Gasteiger partial charge is 0.488 e. The predicted octanol–water partition coefficient (Wildman–Crippen LogP) is 7.88. The average Bonchev–Trinajstić information content (AvgIpc) is 3.19. The van der Waals surface area contributed by atoms with Crippen LogP contribution in [0.5, 0.6) is 5.75 Å². The molecule has 4 nitrogen and oxygen atoms in total. The van der Waals surface area contributed by atoms with Gasteiger partial charge in [0.1, 0.15) is 12.4 Å². The smallest absolute Gasteiger partial charge is 0.264 e. The molecular weight excluding hydrogens is 591 g/mol. The van der Waals surface area contributed by atoms with E-state index in [-0.39, 0.29) is 5.91 Å². The highest BCUT2D eigenvalue weighted by Gasteiger charge is 2.24. The molecule has 0 unspecified atom stereocenters. The van der Waals surface area contributed by atoms with Crippen molar-refractivity contribution in [3.05, 3.63) is 109 Å². The van der Waals surface area contributed by atoms with E-state index in [4.69, 9.17) is 16.3 Å². The lowest BCUT2D eigenvalue weighted by molar-refractivity contribution is -0.115. The van der Waals surface area contributed by atoms with Crippen LogP contribution in [0, 0.1) is 10.5 Å². The highest BCUT2D eigenvalue weighted by Crippen LogP contribution is 2.32. The Labute approximate surface area is 226 Å². The topological polar surface area (TPSA) is 50.7 Å². The molecule has 35 heavy (non-hydrogen) atoms. The van der Waals surface area contributed by atoms with Crippen LogP contribution in [0.1, 0.15) is 16.7 Å². The number of hydrogen-bond acceptors (Lipinski definition) is 4. The second-order valence-corrected chi connectivity index (χ2v) is 10.6. The molecule has 1 heterocycles. The summed E-state index contributed by atoms with van der Waals surface area (Å²) in [6, 6.07) is 26.1. The van der Waals surface area contributed by atoms with Gasteiger partial charge < -0.3 is 10.1 Å². The van der Waals surface area contributed by atoms with E-state index >= 15 is 0 Å². The van der Waals surface area contributed by atoms with Gasteiger partial charge in [-0.3, -0.25) is 4.79 Å². The van der Waals surface area contributed by atoms with Gasteiger partial charge in [-0.25, -0.2) is 4.99 Å². The first-order valence-electron chi connectivity index (χ1n) is 10.9. The summed E-state index contributed by atoms with van der Waals surface area (Å²) in [6.07, 6.45) is 1.86. The maximum absolute atomic E-state index is 12.5. The number of carbonyl (C=O) groups is 1. The molecule has 4 aromatic rings. The SMILES string of the molecule is Cc1c(Cl)cccc1N=C1NC(=O)/C(=C\c2ccc(OCc3ccc4ccccc4c3)c(I)c2)S1. The lowest BCUT2D eigenvalue weighted by atomic mass is 10.1. The van der Waals surface area contributed by atoms with E-state index in [2.05, 4.69) is 63.2 Å². The fourth-order valence-electron chi connectivity index (χ4n) is 3.67. The highest BCUT2D eigenvalue weighted by molar-refractivity contribution is 14.1. The van der Waals surface area contributed by atoms with E-state index in [9.17, 15) is 4.79 Å². The summed E-state index contributed by atoms with van der Waals surface area (Å²) in [7, 11) is 0. The van der Waals surface area contributed by atoms with E-state index in [0.717, 1.165) is 31.7 Å². The Morgan fingerprint density at radius 1 is 1.03 bits per heavy atom. The molecule has 1 saturated heterocycles. The number of aliphatic imine (C=N–C) groups is 1.